The minimum atomic E-state index is 0.0222. The first-order chi connectivity index (χ1) is 9.78. The van der Waals surface area contributed by atoms with E-state index in [2.05, 4.69) is 20.2 Å². The topological polar surface area (TPSA) is 61.0 Å². The Balaban J connectivity index is 1.49. The summed E-state index contributed by atoms with van der Waals surface area (Å²) in [6, 6.07) is 5.89. The molecule has 0 radical (unpaired) electrons. The zero-order chi connectivity index (χ0) is 13.5. The molecule has 3 heterocycles. The maximum Gasteiger partial charge on any atom is 0.251 e. The highest BCUT2D eigenvalue weighted by Crippen LogP contribution is 2.26. The smallest absolute Gasteiger partial charge is 0.251 e. The first kappa shape index (κ1) is 11.9. The highest BCUT2D eigenvalue weighted by Gasteiger charge is 2.32. The van der Waals surface area contributed by atoms with Crippen LogP contribution in [-0.4, -0.2) is 46.5 Å². The number of aromatic amines is 1. The van der Waals surface area contributed by atoms with Gasteiger partial charge in [-0.15, -0.1) is 0 Å². The summed E-state index contributed by atoms with van der Waals surface area (Å²) in [7, 11) is 0. The molecule has 1 aromatic carbocycles. The van der Waals surface area contributed by atoms with E-state index in [0.717, 1.165) is 29.9 Å². The number of benzene rings is 1. The Labute approximate surface area is 117 Å². The lowest BCUT2D eigenvalue weighted by Crippen LogP contribution is -2.47. The third kappa shape index (κ3) is 2.08. The Morgan fingerprint density at radius 1 is 1.40 bits per heavy atom. The van der Waals surface area contributed by atoms with Crippen LogP contribution >= 0.6 is 0 Å². The molecular formula is C15H18N4O. The number of hydrogen-bond acceptors (Lipinski definition) is 3. The maximum absolute atomic E-state index is 12.3. The van der Waals surface area contributed by atoms with Gasteiger partial charge in [0.05, 0.1) is 17.4 Å². The number of fused-ring (bicyclic) bond motifs is 3. The van der Waals surface area contributed by atoms with Gasteiger partial charge in [-0.3, -0.25) is 4.79 Å². The number of nitrogens with one attached hydrogen (secondary N) is 2. The molecule has 2 aromatic rings. The van der Waals surface area contributed by atoms with Gasteiger partial charge in [-0.05, 0) is 43.5 Å². The summed E-state index contributed by atoms with van der Waals surface area (Å²) >= 11 is 0. The third-order valence-electron chi connectivity index (χ3n) is 4.48. The van der Waals surface area contributed by atoms with Crippen LogP contribution in [0.3, 0.4) is 0 Å². The number of rotatable bonds is 2. The average molecular weight is 270 g/mol. The van der Waals surface area contributed by atoms with E-state index in [9.17, 15) is 4.79 Å². The molecule has 3 atom stereocenters. The standard InChI is InChI=1S/C15H18N4O/c20-15(11-1-2-13-14(6-11)17-9-16-13)18-12-5-10-3-4-19(7-10)8-12/h1-2,6,9-10,12H,3-5,7-8H2,(H,16,17)(H,18,20). The fourth-order valence-corrected chi connectivity index (χ4v) is 3.51. The van der Waals surface area contributed by atoms with Crippen molar-refractivity contribution in [3.8, 4) is 0 Å². The molecule has 1 aromatic heterocycles. The van der Waals surface area contributed by atoms with Crippen molar-refractivity contribution >= 4 is 16.9 Å². The van der Waals surface area contributed by atoms with E-state index >= 15 is 0 Å². The number of aromatic nitrogens is 2. The number of H-pyrrole nitrogens is 1. The van der Waals surface area contributed by atoms with Crippen molar-refractivity contribution in [2.24, 2.45) is 5.92 Å². The number of amides is 1. The normalized spacial score (nSPS) is 28.7. The largest absolute Gasteiger partial charge is 0.348 e. The molecule has 20 heavy (non-hydrogen) atoms. The molecule has 5 heteroatoms. The van der Waals surface area contributed by atoms with Crippen molar-refractivity contribution in [3.05, 3.63) is 30.1 Å². The molecule has 5 nitrogen and oxygen atoms in total. The Kier molecular flexibility index (Phi) is 2.73. The Morgan fingerprint density at radius 3 is 3.25 bits per heavy atom. The van der Waals surface area contributed by atoms with E-state index in [1.165, 1.54) is 19.5 Å². The van der Waals surface area contributed by atoms with Crippen LogP contribution in [0.1, 0.15) is 23.2 Å². The molecule has 2 fully saturated rings. The van der Waals surface area contributed by atoms with Crippen molar-refractivity contribution in [1.82, 2.24) is 20.2 Å². The van der Waals surface area contributed by atoms with E-state index in [4.69, 9.17) is 0 Å². The van der Waals surface area contributed by atoms with Crippen LogP contribution < -0.4 is 5.32 Å². The highest BCUT2D eigenvalue weighted by molar-refractivity contribution is 5.97. The van der Waals surface area contributed by atoms with E-state index in [1.54, 1.807) is 6.33 Å². The van der Waals surface area contributed by atoms with Crippen molar-refractivity contribution in [1.29, 1.82) is 0 Å². The predicted octanol–water partition coefficient (Wildman–Crippen LogP) is 1.39. The second-order valence-corrected chi connectivity index (χ2v) is 5.95. The van der Waals surface area contributed by atoms with Crippen LogP contribution in [0.25, 0.3) is 11.0 Å². The van der Waals surface area contributed by atoms with Gasteiger partial charge in [0.2, 0.25) is 0 Å². The van der Waals surface area contributed by atoms with E-state index < -0.39 is 0 Å². The molecule has 2 N–H and O–H groups in total. The van der Waals surface area contributed by atoms with Crippen LogP contribution in [0.15, 0.2) is 24.5 Å². The Bertz CT molecular complexity index is 638. The molecule has 2 saturated heterocycles. The van der Waals surface area contributed by atoms with E-state index in [0.29, 0.717) is 11.6 Å². The minimum Gasteiger partial charge on any atom is -0.348 e. The molecular weight excluding hydrogens is 252 g/mol. The lowest BCUT2D eigenvalue weighted by atomic mass is 9.96. The van der Waals surface area contributed by atoms with Crippen molar-refractivity contribution in [2.75, 3.05) is 19.6 Å². The molecule has 0 spiro atoms. The Morgan fingerprint density at radius 2 is 2.35 bits per heavy atom. The molecule has 2 aliphatic heterocycles. The number of piperidine rings is 1. The van der Waals surface area contributed by atoms with Gasteiger partial charge in [-0.2, -0.15) is 0 Å². The summed E-state index contributed by atoms with van der Waals surface area (Å²) in [4.78, 5) is 22.0. The van der Waals surface area contributed by atoms with Gasteiger partial charge in [0, 0.05) is 24.7 Å². The van der Waals surface area contributed by atoms with Crippen LogP contribution in [-0.2, 0) is 0 Å². The summed E-state index contributed by atoms with van der Waals surface area (Å²) in [5.41, 5.74) is 2.50. The van der Waals surface area contributed by atoms with Gasteiger partial charge < -0.3 is 15.2 Å². The van der Waals surface area contributed by atoms with Gasteiger partial charge in [0.25, 0.3) is 5.91 Å². The van der Waals surface area contributed by atoms with Crippen LogP contribution in [0.2, 0.25) is 0 Å². The molecule has 0 aliphatic carbocycles. The van der Waals surface area contributed by atoms with Gasteiger partial charge in [-0.25, -0.2) is 4.98 Å². The fraction of sp³-hybridized carbons (Fsp3) is 0.467. The van der Waals surface area contributed by atoms with Crippen molar-refractivity contribution in [3.63, 3.8) is 0 Å². The lowest BCUT2D eigenvalue weighted by Gasteiger charge is -2.30. The fourth-order valence-electron chi connectivity index (χ4n) is 3.51. The maximum atomic E-state index is 12.3. The molecule has 104 valence electrons. The van der Waals surface area contributed by atoms with Crippen molar-refractivity contribution < 1.29 is 4.79 Å². The molecule has 2 aliphatic rings. The summed E-state index contributed by atoms with van der Waals surface area (Å²) in [6.07, 6.45) is 4.06. The molecule has 0 saturated carbocycles. The third-order valence-corrected chi connectivity index (χ3v) is 4.48. The van der Waals surface area contributed by atoms with Gasteiger partial charge in [0.1, 0.15) is 0 Å². The van der Waals surface area contributed by atoms with Crippen LogP contribution in [0.4, 0.5) is 0 Å². The van der Waals surface area contributed by atoms with Crippen molar-refractivity contribution in [2.45, 2.75) is 18.9 Å². The molecule has 1 amide bonds. The summed E-state index contributed by atoms with van der Waals surface area (Å²) in [5, 5.41) is 3.18. The highest BCUT2D eigenvalue weighted by atomic mass is 16.1. The monoisotopic (exact) mass is 270 g/mol. The SMILES string of the molecule is O=C(NC1CC2CCN(C2)C1)c1ccc2nc[nH]c2c1. The number of imidazole rings is 1. The zero-order valence-corrected chi connectivity index (χ0v) is 11.3. The average Bonchev–Trinajstić information content (AvgIpc) is 3.04. The van der Waals surface area contributed by atoms with Gasteiger partial charge in [-0.1, -0.05) is 0 Å². The summed E-state index contributed by atoms with van der Waals surface area (Å²) in [6.45, 7) is 3.40. The number of hydrogen-bond donors (Lipinski definition) is 2. The number of carbonyl (C=O) groups is 1. The Hall–Kier alpha value is -1.88. The molecule has 2 bridgehead atoms. The zero-order valence-electron chi connectivity index (χ0n) is 11.3. The lowest BCUT2D eigenvalue weighted by molar-refractivity contribution is 0.0909. The predicted molar refractivity (Wildman–Crippen MR) is 76.5 cm³/mol. The van der Waals surface area contributed by atoms with Gasteiger partial charge in [0.15, 0.2) is 0 Å². The molecule has 3 unspecified atom stereocenters. The minimum absolute atomic E-state index is 0.0222. The second-order valence-electron chi connectivity index (χ2n) is 5.95. The number of carbonyl (C=O) groups excluding carboxylic acids is 1. The quantitative estimate of drug-likeness (QED) is 0.867. The molecule has 4 rings (SSSR count). The summed E-state index contributed by atoms with van der Waals surface area (Å²) in [5.74, 6) is 0.790. The summed E-state index contributed by atoms with van der Waals surface area (Å²) < 4.78 is 0. The van der Waals surface area contributed by atoms with Crippen LogP contribution in [0.5, 0.6) is 0 Å². The first-order valence-corrected chi connectivity index (χ1v) is 7.24. The van der Waals surface area contributed by atoms with Crippen LogP contribution in [0, 0.1) is 5.92 Å². The van der Waals surface area contributed by atoms with E-state index in [1.807, 2.05) is 18.2 Å². The van der Waals surface area contributed by atoms with E-state index in [-0.39, 0.29) is 5.91 Å². The first-order valence-electron chi connectivity index (χ1n) is 7.24. The number of nitrogens with zero attached hydrogens (tertiary/aromatic N) is 2. The second kappa shape index (κ2) is 4.59. The van der Waals surface area contributed by atoms with Gasteiger partial charge >= 0.3 is 0 Å².